The minimum atomic E-state index is -3.05. The maximum Gasteiger partial charge on any atom is 0.387 e. The average molecular weight is 711 g/mol. The SMILES string of the molecule is CN(C)C(=O)c1cccc(CN2CCSC2CC(=O)O[C@@H](Cc2c(Cl)c[n+]([O-])cc2Cl)c2ccc(OC(F)F)c(OCC3CC3)c2)c1. The molecule has 0 bridgehead atoms. The van der Waals surface area contributed by atoms with Gasteiger partial charge in [-0.2, -0.15) is 13.5 Å². The summed E-state index contributed by atoms with van der Waals surface area (Å²) in [7, 11) is 3.41. The molecule has 2 fully saturated rings. The van der Waals surface area contributed by atoms with Gasteiger partial charge in [0.15, 0.2) is 23.9 Å². The van der Waals surface area contributed by atoms with E-state index in [1.807, 2.05) is 18.2 Å². The summed E-state index contributed by atoms with van der Waals surface area (Å²) in [5, 5.41) is 11.9. The van der Waals surface area contributed by atoms with Gasteiger partial charge in [-0.1, -0.05) is 41.4 Å². The topological polar surface area (TPSA) is 95.3 Å². The van der Waals surface area contributed by atoms with Gasteiger partial charge < -0.3 is 24.3 Å². The Morgan fingerprint density at radius 2 is 1.85 bits per heavy atom. The first-order valence-corrected chi connectivity index (χ1v) is 16.9. The van der Waals surface area contributed by atoms with Crippen LogP contribution in [0.25, 0.3) is 0 Å². The first kappa shape index (κ1) is 35.0. The number of thioether (sulfide) groups is 1. The van der Waals surface area contributed by atoms with Crippen LogP contribution in [-0.2, 0) is 22.5 Å². The molecule has 14 heteroatoms. The second-order valence-corrected chi connectivity index (χ2v) is 13.8. The van der Waals surface area contributed by atoms with Gasteiger partial charge in [0, 0.05) is 50.5 Å². The van der Waals surface area contributed by atoms with Gasteiger partial charge in [-0.05, 0) is 54.2 Å². The number of hydrogen-bond acceptors (Lipinski definition) is 8. The first-order chi connectivity index (χ1) is 22.5. The van der Waals surface area contributed by atoms with Gasteiger partial charge in [-0.3, -0.25) is 14.5 Å². The van der Waals surface area contributed by atoms with E-state index in [0.29, 0.717) is 40.5 Å². The Labute approximate surface area is 286 Å². The Morgan fingerprint density at radius 1 is 1.11 bits per heavy atom. The van der Waals surface area contributed by atoms with Crippen LogP contribution in [0, 0.1) is 11.1 Å². The minimum Gasteiger partial charge on any atom is -0.619 e. The molecule has 0 radical (unpaired) electrons. The van der Waals surface area contributed by atoms with Crippen LogP contribution in [-0.4, -0.2) is 66.7 Å². The quantitative estimate of drug-likeness (QED) is 0.106. The fourth-order valence-corrected chi connectivity index (χ4v) is 7.09. The smallest absolute Gasteiger partial charge is 0.387 e. The van der Waals surface area contributed by atoms with Crippen molar-refractivity contribution >= 4 is 46.8 Å². The Morgan fingerprint density at radius 3 is 2.53 bits per heavy atom. The van der Waals surface area contributed by atoms with Gasteiger partial charge in [-0.25, -0.2) is 0 Å². The number of ether oxygens (including phenoxy) is 3. The summed E-state index contributed by atoms with van der Waals surface area (Å²) in [5.41, 5.74) is 2.38. The predicted octanol–water partition coefficient (Wildman–Crippen LogP) is 6.51. The second-order valence-electron chi connectivity index (χ2n) is 11.7. The van der Waals surface area contributed by atoms with Crippen LogP contribution in [0.4, 0.5) is 8.78 Å². The lowest BCUT2D eigenvalue weighted by molar-refractivity contribution is -0.605. The Kier molecular flexibility index (Phi) is 11.7. The molecule has 1 aliphatic heterocycles. The molecule has 0 spiro atoms. The van der Waals surface area contributed by atoms with E-state index in [0.717, 1.165) is 43.1 Å². The number of hydrogen-bond donors (Lipinski definition) is 0. The molecule has 0 N–H and O–H groups in total. The summed E-state index contributed by atoms with van der Waals surface area (Å²) in [6.45, 7) is -1.42. The average Bonchev–Trinajstić information content (AvgIpc) is 3.75. The lowest BCUT2D eigenvalue weighted by Gasteiger charge is -2.25. The second kappa shape index (κ2) is 15.7. The summed E-state index contributed by atoms with van der Waals surface area (Å²) in [5.74, 6) is 0.543. The molecule has 9 nitrogen and oxygen atoms in total. The van der Waals surface area contributed by atoms with Crippen molar-refractivity contribution < 1.29 is 37.3 Å². The molecular weight excluding hydrogens is 675 g/mol. The van der Waals surface area contributed by atoms with E-state index >= 15 is 0 Å². The van der Waals surface area contributed by atoms with Crippen molar-refractivity contribution in [2.24, 2.45) is 5.92 Å². The number of esters is 1. The van der Waals surface area contributed by atoms with Crippen LogP contribution in [0.5, 0.6) is 11.5 Å². The Balaban J connectivity index is 1.35. The highest BCUT2D eigenvalue weighted by molar-refractivity contribution is 8.00. The third kappa shape index (κ3) is 9.62. The number of alkyl halides is 2. The number of benzene rings is 2. The summed E-state index contributed by atoms with van der Waals surface area (Å²) in [6, 6.07) is 11.8. The maximum absolute atomic E-state index is 13.5. The monoisotopic (exact) mass is 709 g/mol. The first-order valence-electron chi connectivity index (χ1n) is 15.1. The van der Waals surface area contributed by atoms with Crippen LogP contribution in [0.1, 0.15) is 52.4 Å². The number of carbonyl (C=O) groups is 2. The third-order valence-corrected chi connectivity index (χ3v) is 9.77. The molecule has 2 atom stereocenters. The van der Waals surface area contributed by atoms with E-state index in [2.05, 4.69) is 9.64 Å². The van der Waals surface area contributed by atoms with Gasteiger partial charge >= 0.3 is 12.6 Å². The highest BCUT2D eigenvalue weighted by Gasteiger charge is 2.31. The summed E-state index contributed by atoms with van der Waals surface area (Å²) < 4.78 is 43.4. The fraction of sp³-hybridized carbons (Fsp3) is 0.424. The minimum absolute atomic E-state index is 0.00951. The van der Waals surface area contributed by atoms with Crippen molar-refractivity contribution in [3.05, 3.63) is 92.4 Å². The van der Waals surface area contributed by atoms with Gasteiger partial charge in [-0.15, -0.1) is 11.8 Å². The highest BCUT2D eigenvalue weighted by Crippen LogP contribution is 2.38. The predicted molar refractivity (Wildman–Crippen MR) is 175 cm³/mol. The van der Waals surface area contributed by atoms with Crippen molar-refractivity contribution in [2.75, 3.05) is 33.0 Å². The van der Waals surface area contributed by atoms with Crippen molar-refractivity contribution in [3.63, 3.8) is 0 Å². The van der Waals surface area contributed by atoms with Crippen LogP contribution < -0.4 is 14.2 Å². The zero-order chi connectivity index (χ0) is 33.7. The number of carbonyl (C=O) groups excluding carboxylic acids is 2. The molecule has 2 aliphatic rings. The van der Waals surface area contributed by atoms with Gasteiger partial charge in [0.1, 0.15) is 16.1 Å². The highest BCUT2D eigenvalue weighted by atomic mass is 35.5. The molecule has 1 aromatic heterocycles. The summed E-state index contributed by atoms with van der Waals surface area (Å²) >= 11 is 14.4. The molecule has 3 aromatic rings. The van der Waals surface area contributed by atoms with Crippen LogP contribution >= 0.6 is 35.0 Å². The maximum atomic E-state index is 13.5. The number of aromatic nitrogens is 1. The molecule has 1 saturated carbocycles. The van der Waals surface area contributed by atoms with E-state index in [4.69, 9.17) is 32.7 Å². The normalized spacial score (nSPS) is 17.0. The fourth-order valence-electron chi connectivity index (χ4n) is 5.23. The molecule has 47 heavy (non-hydrogen) atoms. The standard InChI is InChI=1S/C33H35Cl2F2N3O6S/c1-38(2)32(42)23-5-3-4-21(12-23)16-39-10-11-47-30(39)15-31(41)45-28(14-24-25(34)17-40(43)18-26(24)35)22-8-9-27(46-33(36)37)29(13-22)44-19-20-6-7-20/h3-5,8-9,12-13,17-18,20,28,30,33H,6-7,10-11,14-16,19H2,1-2H3/t28-,30?/m0/s1. The zero-order valence-electron chi connectivity index (χ0n) is 25.9. The van der Waals surface area contributed by atoms with E-state index in [1.165, 1.54) is 23.1 Å². The Hall–Kier alpha value is -3.32. The van der Waals surface area contributed by atoms with Crippen LogP contribution in [0.2, 0.25) is 10.0 Å². The van der Waals surface area contributed by atoms with Gasteiger partial charge in [0.05, 0.1) is 18.4 Å². The molecule has 5 rings (SSSR count). The van der Waals surface area contributed by atoms with Crippen molar-refractivity contribution in [3.8, 4) is 11.5 Å². The number of rotatable bonds is 14. The largest absolute Gasteiger partial charge is 0.619 e. The number of amides is 1. The molecule has 1 saturated heterocycles. The molecule has 2 aromatic carbocycles. The van der Waals surface area contributed by atoms with E-state index in [1.54, 1.807) is 31.9 Å². The van der Waals surface area contributed by atoms with E-state index in [9.17, 15) is 23.6 Å². The van der Waals surface area contributed by atoms with Crippen molar-refractivity contribution in [1.82, 2.24) is 9.80 Å². The molecule has 1 aliphatic carbocycles. The zero-order valence-corrected chi connectivity index (χ0v) is 28.2. The summed E-state index contributed by atoms with van der Waals surface area (Å²) in [6.07, 6.45) is 3.41. The van der Waals surface area contributed by atoms with Gasteiger partial charge in [0.2, 0.25) is 0 Å². The molecule has 1 unspecified atom stereocenters. The summed E-state index contributed by atoms with van der Waals surface area (Å²) in [4.78, 5) is 29.7. The number of nitrogens with zero attached hydrogens (tertiary/aromatic N) is 3. The lowest BCUT2D eigenvalue weighted by Crippen LogP contribution is -2.31. The molecule has 252 valence electrons. The molecule has 1 amide bonds. The molecule has 2 heterocycles. The van der Waals surface area contributed by atoms with Crippen LogP contribution in [0.3, 0.4) is 0 Å². The Bertz CT molecular complexity index is 1570. The van der Waals surface area contributed by atoms with E-state index < -0.39 is 18.7 Å². The number of halogens is 4. The van der Waals surface area contributed by atoms with Crippen molar-refractivity contribution in [1.29, 1.82) is 0 Å². The number of pyridine rings is 1. The van der Waals surface area contributed by atoms with E-state index in [-0.39, 0.29) is 45.7 Å². The van der Waals surface area contributed by atoms with Crippen LogP contribution in [0.15, 0.2) is 54.9 Å². The van der Waals surface area contributed by atoms with Crippen molar-refractivity contribution in [2.45, 2.75) is 50.3 Å². The lowest BCUT2D eigenvalue weighted by atomic mass is 10.0. The van der Waals surface area contributed by atoms with Gasteiger partial charge in [0.25, 0.3) is 5.91 Å². The molecular formula is C33H35Cl2F2N3O6S. The third-order valence-electron chi connectivity index (χ3n) is 7.85.